The fraction of sp³-hybridized carbons (Fsp3) is 0.579. The number of amides is 1. The van der Waals surface area contributed by atoms with Gasteiger partial charge in [-0.3, -0.25) is 9.59 Å². The number of carbonyl (C=O) groups is 2. The minimum absolute atomic E-state index is 0.144. The molecule has 6 nitrogen and oxygen atoms in total. The van der Waals surface area contributed by atoms with Crippen LogP contribution in [0.4, 0.5) is 0 Å². The molecule has 0 bridgehead atoms. The Kier molecular flexibility index (Phi) is 8.41. The molecule has 1 aromatic rings. The van der Waals surface area contributed by atoms with Crippen molar-refractivity contribution in [2.45, 2.75) is 40.2 Å². The summed E-state index contributed by atoms with van der Waals surface area (Å²) in [5, 5.41) is 9.57. The number of rotatable bonds is 9. The molecule has 6 heteroatoms. The first-order valence-electron chi connectivity index (χ1n) is 8.52. The van der Waals surface area contributed by atoms with Gasteiger partial charge in [-0.1, -0.05) is 26.0 Å². The molecule has 0 spiro atoms. The Labute approximate surface area is 149 Å². The van der Waals surface area contributed by atoms with E-state index in [1.807, 2.05) is 39.0 Å². The van der Waals surface area contributed by atoms with Crippen molar-refractivity contribution < 1.29 is 24.2 Å². The smallest absolute Gasteiger partial charge is 0.310 e. The number of nitrogens with zero attached hydrogens (tertiary/aromatic N) is 1. The summed E-state index contributed by atoms with van der Waals surface area (Å²) in [4.78, 5) is 25.8. The lowest BCUT2D eigenvalue weighted by molar-refractivity contribution is -0.148. The zero-order valence-electron chi connectivity index (χ0n) is 15.7. The number of methoxy groups -OCH3 is 1. The van der Waals surface area contributed by atoms with Crippen molar-refractivity contribution in [3.63, 3.8) is 0 Å². The molecule has 1 aromatic carbocycles. The molecular weight excluding hydrogens is 322 g/mol. The first-order chi connectivity index (χ1) is 11.8. The van der Waals surface area contributed by atoms with Crippen LogP contribution >= 0.6 is 0 Å². The van der Waals surface area contributed by atoms with Gasteiger partial charge in [0.25, 0.3) is 5.91 Å². The number of hydrogen-bond acceptors (Lipinski definition) is 5. The molecule has 0 fully saturated rings. The van der Waals surface area contributed by atoms with Gasteiger partial charge < -0.3 is 19.5 Å². The molecule has 0 radical (unpaired) electrons. The van der Waals surface area contributed by atoms with Crippen LogP contribution < -0.4 is 4.74 Å². The lowest BCUT2D eigenvalue weighted by Crippen LogP contribution is -2.47. The maximum Gasteiger partial charge on any atom is 0.310 e. The van der Waals surface area contributed by atoms with Crippen molar-refractivity contribution in [2.75, 3.05) is 26.9 Å². The van der Waals surface area contributed by atoms with Gasteiger partial charge >= 0.3 is 5.97 Å². The molecule has 140 valence electrons. The molecular formula is C19H29NO5. The number of carbonyl (C=O) groups excluding carboxylic acids is 2. The monoisotopic (exact) mass is 351 g/mol. The SMILES string of the molecule is CCC(CO)N(CC(C)C(=O)OC)C(=O)COc1cccc(C)c1C. The standard InChI is InChI=1S/C19H29NO5/c1-6-16(11-21)20(10-14(3)19(23)24-5)18(22)12-25-17-9-7-8-13(2)15(17)4/h7-9,14,16,21H,6,10-12H2,1-5H3. The van der Waals surface area contributed by atoms with Crippen LogP contribution in [0.15, 0.2) is 18.2 Å². The Morgan fingerprint density at radius 1 is 1.28 bits per heavy atom. The van der Waals surface area contributed by atoms with Gasteiger partial charge in [0.2, 0.25) is 0 Å². The molecule has 0 aliphatic carbocycles. The van der Waals surface area contributed by atoms with E-state index in [2.05, 4.69) is 0 Å². The number of aliphatic hydroxyl groups is 1. The topological polar surface area (TPSA) is 76.1 Å². The van der Waals surface area contributed by atoms with E-state index in [1.165, 1.54) is 12.0 Å². The second-order valence-corrected chi connectivity index (χ2v) is 6.20. The van der Waals surface area contributed by atoms with E-state index in [9.17, 15) is 14.7 Å². The maximum atomic E-state index is 12.7. The van der Waals surface area contributed by atoms with Gasteiger partial charge in [-0.2, -0.15) is 0 Å². The molecule has 2 unspecified atom stereocenters. The zero-order valence-corrected chi connectivity index (χ0v) is 15.7. The summed E-state index contributed by atoms with van der Waals surface area (Å²) in [5.74, 6) is -0.472. The average molecular weight is 351 g/mol. The fourth-order valence-corrected chi connectivity index (χ4v) is 2.58. The fourth-order valence-electron chi connectivity index (χ4n) is 2.58. The van der Waals surface area contributed by atoms with Gasteiger partial charge in [0.15, 0.2) is 6.61 Å². The van der Waals surface area contributed by atoms with Crippen LogP contribution in [0.1, 0.15) is 31.4 Å². The van der Waals surface area contributed by atoms with E-state index >= 15 is 0 Å². The van der Waals surface area contributed by atoms with Gasteiger partial charge in [-0.05, 0) is 37.5 Å². The van der Waals surface area contributed by atoms with E-state index in [1.54, 1.807) is 6.92 Å². The summed E-state index contributed by atoms with van der Waals surface area (Å²) in [6.07, 6.45) is 0.583. The second-order valence-electron chi connectivity index (χ2n) is 6.20. The Morgan fingerprint density at radius 3 is 2.52 bits per heavy atom. The largest absolute Gasteiger partial charge is 0.483 e. The molecule has 0 aromatic heterocycles. The molecule has 0 aliphatic rings. The van der Waals surface area contributed by atoms with E-state index < -0.39 is 5.92 Å². The summed E-state index contributed by atoms with van der Waals surface area (Å²) < 4.78 is 10.4. The molecule has 0 saturated heterocycles. The van der Waals surface area contributed by atoms with Crippen LogP contribution in [0, 0.1) is 19.8 Å². The van der Waals surface area contributed by atoms with Crippen molar-refractivity contribution >= 4 is 11.9 Å². The molecule has 1 amide bonds. The minimum Gasteiger partial charge on any atom is -0.483 e. The molecule has 25 heavy (non-hydrogen) atoms. The van der Waals surface area contributed by atoms with E-state index in [-0.39, 0.29) is 37.7 Å². The van der Waals surface area contributed by atoms with Gasteiger partial charge in [-0.15, -0.1) is 0 Å². The van der Waals surface area contributed by atoms with Crippen molar-refractivity contribution in [1.82, 2.24) is 4.90 Å². The van der Waals surface area contributed by atoms with Crippen LogP contribution in [0.2, 0.25) is 0 Å². The predicted octanol–water partition coefficient (Wildman–Crippen LogP) is 2.09. The Bertz CT molecular complexity index is 583. The third kappa shape index (κ3) is 5.74. The van der Waals surface area contributed by atoms with Gasteiger partial charge in [-0.25, -0.2) is 0 Å². The van der Waals surface area contributed by atoms with Crippen LogP contribution in [-0.4, -0.2) is 54.8 Å². The summed E-state index contributed by atoms with van der Waals surface area (Å²) in [7, 11) is 1.32. The van der Waals surface area contributed by atoms with E-state index in [4.69, 9.17) is 9.47 Å². The predicted molar refractivity (Wildman–Crippen MR) is 95.5 cm³/mol. The van der Waals surface area contributed by atoms with Gasteiger partial charge in [0.05, 0.1) is 25.7 Å². The average Bonchev–Trinajstić information content (AvgIpc) is 2.61. The lowest BCUT2D eigenvalue weighted by atomic mass is 10.1. The summed E-state index contributed by atoms with van der Waals surface area (Å²) in [6, 6.07) is 5.32. The van der Waals surface area contributed by atoms with Crippen LogP contribution in [0.25, 0.3) is 0 Å². The highest BCUT2D eigenvalue weighted by Gasteiger charge is 2.27. The number of ether oxygens (including phenoxy) is 2. The Balaban J connectivity index is 2.84. The first-order valence-corrected chi connectivity index (χ1v) is 8.52. The van der Waals surface area contributed by atoms with Crippen molar-refractivity contribution in [2.24, 2.45) is 5.92 Å². The highest BCUT2D eigenvalue weighted by molar-refractivity contribution is 5.79. The Hall–Kier alpha value is -2.08. The van der Waals surface area contributed by atoms with Crippen LogP contribution in [0.5, 0.6) is 5.75 Å². The molecule has 0 aliphatic heterocycles. The molecule has 1 N–H and O–H groups in total. The normalized spacial score (nSPS) is 13.0. The third-order valence-corrected chi connectivity index (χ3v) is 4.42. The third-order valence-electron chi connectivity index (χ3n) is 4.42. The van der Waals surface area contributed by atoms with Crippen molar-refractivity contribution in [3.05, 3.63) is 29.3 Å². The van der Waals surface area contributed by atoms with Gasteiger partial charge in [0, 0.05) is 6.54 Å². The summed E-state index contributed by atoms with van der Waals surface area (Å²) in [6.45, 7) is 7.37. The second kappa shape index (κ2) is 10.0. The number of benzene rings is 1. The van der Waals surface area contributed by atoms with Crippen LogP contribution in [-0.2, 0) is 14.3 Å². The minimum atomic E-state index is -0.477. The number of aliphatic hydroxyl groups excluding tert-OH is 1. The Morgan fingerprint density at radius 2 is 1.96 bits per heavy atom. The summed E-state index contributed by atoms with van der Waals surface area (Å²) in [5.41, 5.74) is 2.07. The first kappa shape index (κ1) is 21.0. The number of hydrogen-bond donors (Lipinski definition) is 1. The van der Waals surface area contributed by atoms with E-state index in [0.717, 1.165) is 11.1 Å². The molecule has 0 heterocycles. The lowest BCUT2D eigenvalue weighted by Gasteiger charge is -2.31. The maximum absolute atomic E-state index is 12.7. The van der Waals surface area contributed by atoms with E-state index in [0.29, 0.717) is 12.2 Å². The number of esters is 1. The van der Waals surface area contributed by atoms with Crippen molar-refractivity contribution in [1.29, 1.82) is 0 Å². The molecule has 1 rings (SSSR count). The van der Waals surface area contributed by atoms with Gasteiger partial charge in [0.1, 0.15) is 5.75 Å². The van der Waals surface area contributed by atoms with Crippen molar-refractivity contribution in [3.8, 4) is 5.75 Å². The molecule has 2 atom stereocenters. The highest BCUT2D eigenvalue weighted by atomic mass is 16.5. The quantitative estimate of drug-likeness (QED) is 0.690. The highest BCUT2D eigenvalue weighted by Crippen LogP contribution is 2.21. The number of aryl methyl sites for hydroxylation is 1. The zero-order chi connectivity index (χ0) is 19.0. The van der Waals surface area contributed by atoms with Crippen LogP contribution in [0.3, 0.4) is 0 Å². The summed E-state index contributed by atoms with van der Waals surface area (Å²) >= 11 is 0. The molecule has 0 saturated carbocycles.